The minimum absolute atomic E-state index is 0.0237. The van der Waals surface area contributed by atoms with Crippen LogP contribution < -0.4 is 5.32 Å². The average Bonchev–Trinajstić information content (AvgIpc) is 2.99. The number of fused-ring (bicyclic) bond motifs is 1. The topological polar surface area (TPSA) is 65.2 Å². The summed E-state index contributed by atoms with van der Waals surface area (Å²) in [6.45, 7) is 3.70. The van der Waals surface area contributed by atoms with E-state index >= 15 is 0 Å². The SMILES string of the molecule is Cc1[nH]c2ccccc2c1C(=O)[C@H](C)N(C)CC(=O)Nc1c(Cl)cccc1Cl. The number of likely N-dealkylation sites (N-methyl/N-ethyl adjacent to an activating group) is 1. The number of carbonyl (C=O) groups is 2. The molecule has 0 aliphatic rings. The van der Waals surface area contributed by atoms with Crippen molar-refractivity contribution in [2.75, 3.05) is 18.9 Å². The molecule has 1 heterocycles. The van der Waals surface area contributed by atoms with Gasteiger partial charge in [0, 0.05) is 22.2 Å². The molecule has 0 bridgehead atoms. The Morgan fingerprint density at radius 1 is 1.11 bits per heavy atom. The Balaban J connectivity index is 1.73. The number of H-pyrrole nitrogens is 1. The van der Waals surface area contributed by atoms with Gasteiger partial charge in [-0.25, -0.2) is 0 Å². The molecule has 0 fully saturated rings. The first-order valence-corrected chi connectivity index (χ1v) is 9.60. The molecule has 5 nitrogen and oxygen atoms in total. The van der Waals surface area contributed by atoms with Gasteiger partial charge in [0.15, 0.2) is 5.78 Å². The van der Waals surface area contributed by atoms with Gasteiger partial charge in [0.2, 0.25) is 5.91 Å². The van der Waals surface area contributed by atoms with Crippen molar-refractivity contribution in [2.24, 2.45) is 0 Å². The van der Waals surface area contributed by atoms with Gasteiger partial charge in [0.05, 0.1) is 28.3 Å². The Bertz CT molecular complexity index is 1030. The number of nitrogens with zero attached hydrogens (tertiary/aromatic N) is 1. The summed E-state index contributed by atoms with van der Waals surface area (Å²) >= 11 is 12.2. The number of amides is 1. The van der Waals surface area contributed by atoms with Gasteiger partial charge in [-0.15, -0.1) is 0 Å². The number of Topliss-reactive ketones (excluding diaryl/α,β-unsaturated/α-hetero) is 1. The molecule has 146 valence electrons. The summed E-state index contributed by atoms with van der Waals surface area (Å²) in [7, 11) is 1.74. The minimum atomic E-state index is -0.481. The van der Waals surface area contributed by atoms with Crippen LogP contribution in [0.25, 0.3) is 10.9 Å². The van der Waals surface area contributed by atoms with E-state index in [1.54, 1.807) is 37.1 Å². The first-order valence-electron chi connectivity index (χ1n) is 8.85. The summed E-state index contributed by atoms with van der Waals surface area (Å²) in [5.74, 6) is -0.339. The first-order chi connectivity index (χ1) is 13.3. The number of aromatic nitrogens is 1. The van der Waals surface area contributed by atoms with Crippen molar-refractivity contribution >= 4 is 51.5 Å². The number of anilines is 1. The summed E-state index contributed by atoms with van der Waals surface area (Å²) in [5, 5.41) is 4.33. The third-order valence-electron chi connectivity index (χ3n) is 4.80. The third kappa shape index (κ3) is 4.07. The van der Waals surface area contributed by atoms with E-state index in [1.165, 1.54) is 0 Å². The van der Waals surface area contributed by atoms with Gasteiger partial charge in [-0.3, -0.25) is 14.5 Å². The number of nitrogens with one attached hydrogen (secondary N) is 2. The molecule has 1 aromatic heterocycles. The van der Waals surface area contributed by atoms with Gasteiger partial charge in [-0.1, -0.05) is 47.5 Å². The number of hydrogen-bond acceptors (Lipinski definition) is 3. The lowest BCUT2D eigenvalue weighted by Crippen LogP contribution is -2.41. The van der Waals surface area contributed by atoms with Crippen LogP contribution in [-0.2, 0) is 4.79 Å². The smallest absolute Gasteiger partial charge is 0.238 e. The van der Waals surface area contributed by atoms with Crippen molar-refractivity contribution in [2.45, 2.75) is 19.9 Å². The van der Waals surface area contributed by atoms with Gasteiger partial charge in [-0.2, -0.15) is 0 Å². The van der Waals surface area contributed by atoms with E-state index in [4.69, 9.17) is 23.2 Å². The van der Waals surface area contributed by atoms with Crippen LogP contribution in [0.4, 0.5) is 5.69 Å². The van der Waals surface area contributed by atoms with E-state index in [0.717, 1.165) is 16.6 Å². The van der Waals surface area contributed by atoms with E-state index < -0.39 is 6.04 Å². The van der Waals surface area contributed by atoms with Crippen molar-refractivity contribution in [1.29, 1.82) is 0 Å². The van der Waals surface area contributed by atoms with Crippen LogP contribution >= 0.6 is 23.2 Å². The van der Waals surface area contributed by atoms with Crippen LogP contribution in [0.15, 0.2) is 42.5 Å². The monoisotopic (exact) mass is 417 g/mol. The minimum Gasteiger partial charge on any atom is -0.358 e. The number of carbonyl (C=O) groups excluding carboxylic acids is 2. The zero-order valence-electron chi connectivity index (χ0n) is 15.8. The van der Waals surface area contributed by atoms with E-state index in [1.807, 2.05) is 31.2 Å². The molecular formula is C21H21Cl2N3O2. The number of benzene rings is 2. The highest BCUT2D eigenvalue weighted by Gasteiger charge is 2.25. The maximum absolute atomic E-state index is 13.1. The van der Waals surface area contributed by atoms with Crippen LogP contribution in [0, 0.1) is 6.92 Å². The predicted octanol–water partition coefficient (Wildman–Crippen LogP) is 4.92. The second-order valence-corrected chi connectivity index (χ2v) is 7.59. The Labute approximate surface area is 173 Å². The zero-order chi connectivity index (χ0) is 20.4. The molecule has 28 heavy (non-hydrogen) atoms. The fourth-order valence-corrected chi connectivity index (χ4v) is 3.65. The molecule has 3 aromatic rings. The number of aromatic amines is 1. The number of para-hydroxylation sites is 2. The van der Waals surface area contributed by atoms with Gasteiger partial charge < -0.3 is 10.3 Å². The summed E-state index contributed by atoms with van der Waals surface area (Å²) in [6.07, 6.45) is 0. The summed E-state index contributed by atoms with van der Waals surface area (Å²) in [5.41, 5.74) is 2.77. The summed E-state index contributed by atoms with van der Waals surface area (Å²) in [4.78, 5) is 30.5. The van der Waals surface area contributed by atoms with Crippen molar-refractivity contribution in [3.63, 3.8) is 0 Å². The van der Waals surface area contributed by atoms with E-state index in [9.17, 15) is 9.59 Å². The Hall–Kier alpha value is -2.34. The molecular weight excluding hydrogens is 397 g/mol. The molecule has 3 rings (SSSR count). The highest BCUT2D eigenvalue weighted by Crippen LogP contribution is 2.30. The molecule has 0 aliphatic carbocycles. The quantitative estimate of drug-likeness (QED) is 0.559. The maximum atomic E-state index is 13.1. The standard InChI is InChI=1S/C21H21Cl2N3O2/c1-12-19(14-7-4-5-10-17(14)24-12)21(28)13(2)26(3)11-18(27)25-20-15(22)8-6-9-16(20)23/h4-10,13,24H,11H2,1-3H3,(H,25,27)/t13-/m0/s1. The first kappa shape index (κ1) is 20.4. The lowest BCUT2D eigenvalue weighted by atomic mass is 10.0. The lowest BCUT2D eigenvalue weighted by Gasteiger charge is -2.23. The zero-order valence-corrected chi connectivity index (χ0v) is 17.4. The van der Waals surface area contributed by atoms with Crippen LogP contribution in [0.5, 0.6) is 0 Å². The summed E-state index contributed by atoms with van der Waals surface area (Å²) < 4.78 is 0. The molecule has 1 amide bonds. The number of hydrogen-bond donors (Lipinski definition) is 2. The molecule has 1 atom stereocenters. The molecule has 0 saturated carbocycles. The van der Waals surface area contributed by atoms with Gasteiger partial charge in [0.25, 0.3) is 0 Å². The van der Waals surface area contributed by atoms with Gasteiger partial charge in [-0.05, 0) is 39.1 Å². The van der Waals surface area contributed by atoms with Crippen LogP contribution in [0.2, 0.25) is 10.0 Å². The second kappa shape index (κ2) is 8.35. The molecule has 0 spiro atoms. The van der Waals surface area contributed by atoms with Crippen LogP contribution in [-0.4, -0.2) is 41.2 Å². The van der Waals surface area contributed by atoms with E-state index in [-0.39, 0.29) is 18.2 Å². The van der Waals surface area contributed by atoms with Gasteiger partial charge >= 0.3 is 0 Å². The predicted molar refractivity (Wildman–Crippen MR) is 115 cm³/mol. The number of aryl methyl sites for hydroxylation is 1. The fraction of sp³-hybridized carbons (Fsp3) is 0.238. The number of rotatable bonds is 6. The third-order valence-corrected chi connectivity index (χ3v) is 5.43. The Morgan fingerprint density at radius 2 is 1.75 bits per heavy atom. The molecule has 0 unspecified atom stereocenters. The van der Waals surface area contributed by atoms with Crippen LogP contribution in [0.1, 0.15) is 23.0 Å². The molecule has 0 radical (unpaired) electrons. The summed E-state index contributed by atoms with van der Waals surface area (Å²) in [6, 6.07) is 12.2. The molecule has 2 N–H and O–H groups in total. The van der Waals surface area contributed by atoms with E-state index in [0.29, 0.717) is 21.3 Å². The normalized spacial score (nSPS) is 12.4. The van der Waals surface area contributed by atoms with Crippen LogP contribution in [0.3, 0.4) is 0 Å². The highest BCUT2D eigenvalue weighted by molar-refractivity contribution is 6.39. The van der Waals surface area contributed by atoms with E-state index in [2.05, 4.69) is 10.3 Å². The number of halogens is 2. The molecule has 2 aromatic carbocycles. The van der Waals surface area contributed by atoms with Crippen molar-refractivity contribution in [1.82, 2.24) is 9.88 Å². The Kier molecular flexibility index (Phi) is 6.08. The maximum Gasteiger partial charge on any atom is 0.238 e. The fourth-order valence-electron chi connectivity index (χ4n) is 3.16. The van der Waals surface area contributed by atoms with Crippen molar-refractivity contribution in [3.05, 3.63) is 63.8 Å². The average molecular weight is 418 g/mol. The molecule has 0 aliphatic heterocycles. The molecule has 7 heteroatoms. The van der Waals surface area contributed by atoms with Gasteiger partial charge in [0.1, 0.15) is 0 Å². The van der Waals surface area contributed by atoms with Crippen molar-refractivity contribution < 1.29 is 9.59 Å². The Morgan fingerprint density at radius 3 is 2.43 bits per heavy atom. The number of ketones is 1. The molecule has 0 saturated heterocycles. The second-order valence-electron chi connectivity index (χ2n) is 6.77. The highest BCUT2D eigenvalue weighted by atomic mass is 35.5. The lowest BCUT2D eigenvalue weighted by molar-refractivity contribution is -0.117. The largest absolute Gasteiger partial charge is 0.358 e. The van der Waals surface area contributed by atoms with Crippen molar-refractivity contribution in [3.8, 4) is 0 Å².